The van der Waals surface area contributed by atoms with Crippen LogP contribution in [-0.2, 0) is 6.16 Å². The highest BCUT2D eigenvalue weighted by molar-refractivity contribution is 7.60. The number of hydrogen-bond acceptors (Lipinski definition) is 0. The van der Waals surface area contributed by atoms with Gasteiger partial charge in [0.15, 0.2) is 0 Å². The lowest BCUT2D eigenvalue weighted by molar-refractivity contribution is 0.0184. The average molecular weight is 629 g/mol. The van der Waals surface area contributed by atoms with Gasteiger partial charge in [0, 0.05) is 5.66 Å². The highest BCUT2D eigenvalue weighted by atomic mass is 31.1. The standard InChI is InChI=1S/C42H62P2/c1-39(2,3)38(43-40-17-27-8-28(18-40)10-29(9-27)19-40)37-7-5-4-6-36(37)26-44(41-20-30-11-31(21-41)13-32(12-30)22-41)42-23-33-14-34(24-42)16-35(15-33)25-42/h4-7,27-35,38,43H,8-26H2,1-3H3. The molecule has 2 unspecified atom stereocenters. The van der Waals surface area contributed by atoms with Crippen LogP contribution in [0.2, 0.25) is 0 Å². The van der Waals surface area contributed by atoms with Gasteiger partial charge in [-0.1, -0.05) is 53.0 Å². The van der Waals surface area contributed by atoms with E-state index in [2.05, 4.69) is 45.0 Å². The van der Waals surface area contributed by atoms with Gasteiger partial charge in [0.1, 0.15) is 0 Å². The Morgan fingerprint density at radius 2 is 0.955 bits per heavy atom. The van der Waals surface area contributed by atoms with Crippen molar-refractivity contribution in [2.45, 2.75) is 164 Å². The van der Waals surface area contributed by atoms with E-state index < -0.39 is 0 Å². The minimum absolute atomic E-state index is 0.00906. The Balaban J connectivity index is 1.04. The van der Waals surface area contributed by atoms with E-state index in [1.807, 2.05) is 11.1 Å². The first-order chi connectivity index (χ1) is 21.1. The fourth-order valence-corrected chi connectivity index (χ4v) is 24.0. The molecule has 0 saturated heterocycles. The zero-order valence-corrected chi connectivity index (χ0v) is 30.4. The summed E-state index contributed by atoms with van der Waals surface area (Å²) in [5, 5.41) is 2.16. The van der Waals surface area contributed by atoms with Crippen molar-refractivity contribution in [1.29, 1.82) is 0 Å². The Morgan fingerprint density at radius 1 is 0.591 bits per heavy atom. The molecule has 12 aliphatic rings. The molecule has 1 aromatic rings. The summed E-state index contributed by atoms with van der Waals surface area (Å²) in [6.45, 7) is 7.88. The smallest absolute Gasteiger partial charge is 0.00705 e. The Bertz CT molecular complexity index is 1130. The van der Waals surface area contributed by atoms with Gasteiger partial charge in [-0.15, -0.1) is 8.58 Å². The van der Waals surface area contributed by atoms with Crippen LogP contribution in [0.4, 0.5) is 0 Å². The first kappa shape index (κ1) is 29.0. The summed E-state index contributed by atoms with van der Waals surface area (Å²) < 4.78 is 0. The first-order valence-electron chi connectivity index (χ1n) is 19.8. The van der Waals surface area contributed by atoms with E-state index >= 15 is 0 Å². The van der Waals surface area contributed by atoms with E-state index in [-0.39, 0.29) is 7.92 Å². The van der Waals surface area contributed by atoms with Gasteiger partial charge in [-0.25, -0.2) is 0 Å². The maximum absolute atomic E-state index is 2.70. The van der Waals surface area contributed by atoms with Gasteiger partial charge in [0.25, 0.3) is 0 Å². The van der Waals surface area contributed by atoms with Crippen molar-refractivity contribution in [3.63, 3.8) is 0 Å². The zero-order valence-electron chi connectivity index (χ0n) is 28.5. The lowest BCUT2D eigenvalue weighted by atomic mass is 9.55. The van der Waals surface area contributed by atoms with Gasteiger partial charge in [-0.3, -0.25) is 0 Å². The zero-order chi connectivity index (χ0) is 29.5. The molecule has 13 rings (SSSR count). The summed E-state index contributed by atoms with van der Waals surface area (Å²) in [6.07, 6.45) is 30.5. The molecular formula is C42H62P2. The molecule has 0 aromatic heterocycles. The van der Waals surface area contributed by atoms with E-state index in [9.17, 15) is 0 Å². The topological polar surface area (TPSA) is 0 Å². The molecule has 0 aliphatic heterocycles. The Kier molecular flexibility index (Phi) is 6.64. The second-order valence-corrected chi connectivity index (χ2v) is 25.7. The Morgan fingerprint density at radius 3 is 1.34 bits per heavy atom. The molecule has 0 spiro atoms. The Labute approximate surface area is 273 Å². The lowest BCUT2D eigenvalue weighted by Crippen LogP contribution is -2.56. The molecule has 1 aromatic carbocycles. The normalized spacial score (nSPS) is 51.1. The molecule has 12 aliphatic carbocycles. The van der Waals surface area contributed by atoms with Gasteiger partial charge in [0.2, 0.25) is 0 Å². The maximum Gasteiger partial charge on any atom is 0.00705 e. The van der Waals surface area contributed by atoms with Crippen LogP contribution < -0.4 is 0 Å². The van der Waals surface area contributed by atoms with Crippen LogP contribution in [0.1, 0.15) is 153 Å². The van der Waals surface area contributed by atoms with Crippen LogP contribution in [0.15, 0.2) is 24.3 Å². The fourth-order valence-electron chi connectivity index (χ4n) is 16.1. The minimum atomic E-state index is 0.00906. The SMILES string of the molecule is CC(C)(C)C(PC12CC3CC(CC(C3)C1)C2)c1ccccc1CP(C12CC3CC(CC(C3)C1)C2)C12CC3CC(CC(C3)C1)C2. The molecule has 2 heteroatoms. The molecule has 12 fully saturated rings. The maximum atomic E-state index is 2.70. The predicted molar refractivity (Wildman–Crippen MR) is 190 cm³/mol. The van der Waals surface area contributed by atoms with Gasteiger partial charge < -0.3 is 0 Å². The quantitative estimate of drug-likeness (QED) is 0.264. The second-order valence-electron chi connectivity index (χ2n) is 20.7. The molecule has 240 valence electrons. The molecule has 0 amide bonds. The summed E-state index contributed by atoms with van der Waals surface area (Å²) in [5.41, 5.74) is 4.81. The summed E-state index contributed by atoms with van der Waals surface area (Å²) in [6, 6.07) is 10.3. The monoisotopic (exact) mass is 628 g/mol. The highest BCUT2D eigenvalue weighted by Crippen LogP contribution is 2.80. The molecular weight excluding hydrogens is 566 g/mol. The molecule has 44 heavy (non-hydrogen) atoms. The van der Waals surface area contributed by atoms with Crippen molar-refractivity contribution in [1.82, 2.24) is 0 Å². The number of hydrogen-bond donors (Lipinski definition) is 0. The third kappa shape index (κ3) is 4.69. The largest absolute Gasteiger partial charge is 0.107 e. The summed E-state index contributed by atoms with van der Waals surface area (Å²) in [7, 11) is 1.15. The average Bonchev–Trinajstić information content (AvgIpc) is 2.92. The van der Waals surface area contributed by atoms with Crippen LogP contribution in [0.5, 0.6) is 0 Å². The van der Waals surface area contributed by atoms with Gasteiger partial charge >= 0.3 is 0 Å². The van der Waals surface area contributed by atoms with Crippen molar-refractivity contribution >= 4 is 16.5 Å². The molecule has 12 saturated carbocycles. The molecule has 12 bridgehead atoms. The Hall–Kier alpha value is 0.0800. The van der Waals surface area contributed by atoms with Crippen molar-refractivity contribution < 1.29 is 0 Å². The van der Waals surface area contributed by atoms with Crippen LogP contribution in [-0.4, -0.2) is 15.5 Å². The van der Waals surface area contributed by atoms with E-state index in [4.69, 9.17) is 0 Å². The van der Waals surface area contributed by atoms with Crippen molar-refractivity contribution in [2.24, 2.45) is 58.7 Å². The fraction of sp³-hybridized carbons (Fsp3) is 0.857. The molecule has 0 N–H and O–H groups in total. The van der Waals surface area contributed by atoms with Crippen LogP contribution >= 0.6 is 16.5 Å². The van der Waals surface area contributed by atoms with Crippen LogP contribution in [0.25, 0.3) is 0 Å². The van der Waals surface area contributed by atoms with Gasteiger partial charge in [-0.2, -0.15) is 0 Å². The van der Waals surface area contributed by atoms with E-state index in [0.717, 1.165) is 77.8 Å². The number of rotatable bonds is 7. The van der Waals surface area contributed by atoms with Crippen molar-refractivity contribution in [2.75, 3.05) is 0 Å². The second kappa shape index (κ2) is 10.1. The summed E-state index contributed by atoms with van der Waals surface area (Å²) in [4.78, 5) is 0. The third-order valence-electron chi connectivity index (χ3n) is 16.2. The van der Waals surface area contributed by atoms with Crippen LogP contribution in [0.3, 0.4) is 0 Å². The predicted octanol–water partition coefficient (Wildman–Crippen LogP) is 12.3. The van der Waals surface area contributed by atoms with Gasteiger partial charge in [-0.05, 0) is 207 Å². The van der Waals surface area contributed by atoms with Crippen molar-refractivity contribution in [3.05, 3.63) is 35.4 Å². The first-order valence-corrected chi connectivity index (χ1v) is 22.4. The third-order valence-corrected chi connectivity index (χ3v) is 22.9. The summed E-state index contributed by atoms with van der Waals surface area (Å²) in [5.74, 6) is 9.78. The van der Waals surface area contributed by atoms with Gasteiger partial charge in [0.05, 0.1) is 0 Å². The summed E-state index contributed by atoms with van der Waals surface area (Å²) >= 11 is 0. The molecule has 2 atom stereocenters. The molecule has 0 heterocycles. The van der Waals surface area contributed by atoms with Crippen molar-refractivity contribution in [3.8, 4) is 0 Å². The van der Waals surface area contributed by atoms with E-state index in [0.29, 0.717) is 10.6 Å². The van der Waals surface area contributed by atoms with Crippen LogP contribution in [0, 0.1) is 58.7 Å². The minimum Gasteiger partial charge on any atom is -0.107 e. The lowest BCUT2D eigenvalue weighted by Gasteiger charge is -2.67. The molecule has 0 nitrogen and oxygen atoms in total. The van der Waals surface area contributed by atoms with E-state index in [1.54, 1.807) is 116 Å². The number of benzene rings is 1. The highest BCUT2D eigenvalue weighted by Gasteiger charge is 2.62. The molecule has 0 radical (unpaired) electrons. The van der Waals surface area contributed by atoms with E-state index in [1.165, 1.54) is 6.16 Å².